The Morgan fingerprint density at radius 1 is 1.31 bits per heavy atom. The largest absolute Gasteiger partial charge is 0.288 e. The van der Waals surface area contributed by atoms with Gasteiger partial charge in [0.15, 0.2) is 0 Å². The van der Waals surface area contributed by atoms with E-state index < -0.39 is 0 Å². The molecule has 2 aromatic rings. The summed E-state index contributed by atoms with van der Waals surface area (Å²) in [6, 6.07) is 5.18. The van der Waals surface area contributed by atoms with E-state index in [1.165, 1.54) is 4.57 Å². The van der Waals surface area contributed by atoms with Gasteiger partial charge in [0.25, 0.3) is 0 Å². The van der Waals surface area contributed by atoms with Crippen molar-refractivity contribution in [2.75, 3.05) is 0 Å². The molecule has 1 aromatic carbocycles. The predicted octanol–water partition coefficient (Wildman–Crippen LogP) is 2.99. The van der Waals surface area contributed by atoms with Crippen LogP contribution in [0.3, 0.4) is 0 Å². The van der Waals surface area contributed by atoms with E-state index in [0.717, 1.165) is 5.39 Å². The van der Waals surface area contributed by atoms with E-state index in [4.69, 9.17) is 23.2 Å². The Morgan fingerprint density at radius 2 is 2.08 bits per heavy atom. The summed E-state index contributed by atoms with van der Waals surface area (Å²) in [5, 5.41) is 1.92. The average Bonchev–Trinajstić information content (AvgIpc) is 2.47. The Balaban J connectivity index is 2.89. The van der Waals surface area contributed by atoms with Crippen LogP contribution in [0.5, 0.6) is 0 Å². The van der Waals surface area contributed by atoms with Gasteiger partial charge in [-0.2, -0.15) is 0 Å². The zero-order chi connectivity index (χ0) is 9.42. The number of halogens is 2. The highest BCUT2D eigenvalue weighted by atomic mass is 35.5. The van der Waals surface area contributed by atoms with Crippen molar-refractivity contribution < 1.29 is 4.79 Å². The molecule has 0 saturated heterocycles. The first kappa shape index (κ1) is 8.60. The molecule has 0 fully saturated rings. The van der Waals surface area contributed by atoms with Crippen LogP contribution < -0.4 is 0 Å². The molecular formula is C9H5Cl2NO. The molecule has 0 radical (unpaired) electrons. The predicted molar refractivity (Wildman–Crippen MR) is 54.1 cm³/mol. The minimum absolute atomic E-state index is 0.486. The van der Waals surface area contributed by atoms with Crippen LogP contribution >= 0.6 is 23.2 Å². The number of hydrogen-bond acceptors (Lipinski definition) is 1. The maximum Gasteiger partial charge on any atom is 0.218 e. The van der Waals surface area contributed by atoms with Gasteiger partial charge in [0.05, 0.1) is 10.5 Å². The molecular weight excluding hydrogens is 209 g/mol. The zero-order valence-corrected chi connectivity index (χ0v) is 8.01. The van der Waals surface area contributed by atoms with Crippen molar-refractivity contribution in [3.8, 4) is 0 Å². The molecule has 0 bridgehead atoms. The maximum absolute atomic E-state index is 10.6. The van der Waals surface area contributed by atoms with Crippen molar-refractivity contribution in [3.05, 3.63) is 34.4 Å². The standard InChI is InChI=1S/C9H5Cl2NO/c10-7-3-6-1-2-12(5-13)9(6)8(11)4-7/h1-5H. The third kappa shape index (κ3) is 1.32. The molecule has 0 atom stereocenters. The molecule has 4 heteroatoms. The van der Waals surface area contributed by atoms with E-state index in [1.54, 1.807) is 24.4 Å². The quantitative estimate of drug-likeness (QED) is 0.668. The van der Waals surface area contributed by atoms with Crippen molar-refractivity contribution in [3.63, 3.8) is 0 Å². The van der Waals surface area contributed by atoms with Crippen molar-refractivity contribution in [1.82, 2.24) is 4.57 Å². The lowest BCUT2D eigenvalue weighted by atomic mass is 10.2. The number of hydrogen-bond donors (Lipinski definition) is 0. The van der Waals surface area contributed by atoms with E-state index >= 15 is 0 Å². The minimum Gasteiger partial charge on any atom is -0.288 e. The fraction of sp³-hybridized carbons (Fsp3) is 0. The van der Waals surface area contributed by atoms with E-state index in [2.05, 4.69) is 0 Å². The van der Waals surface area contributed by atoms with Gasteiger partial charge in [-0.1, -0.05) is 23.2 Å². The molecule has 0 N–H and O–H groups in total. The fourth-order valence-electron chi connectivity index (χ4n) is 1.31. The van der Waals surface area contributed by atoms with Crippen LogP contribution in [-0.2, 0) is 4.79 Å². The number of carbonyl (C=O) groups is 1. The molecule has 0 unspecified atom stereocenters. The summed E-state index contributed by atoms with van der Waals surface area (Å²) >= 11 is 11.7. The van der Waals surface area contributed by atoms with Gasteiger partial charge in [0, 0.05) is 16.6 Å². The van der Waals surface area contributed by atoms with Gasteiger partial charge in [-0.15, -0.1) is 0 Å². The van der Waals surface area contributed by atoms with E-state index in [1.807, 2.05) is 0 Å². The SMILES string of the molecule is O=Cn1ccc2cc(Cl)cc(Cl)c21. The first-order chi connectivity index (χ1) is 6.22. The summed E-state index contributed by atoms with van der Waals surface area (Å²) in [6.07, 6.45) is 2.36. The molecule has 0 saturated carbocycles. The van der Waals surface area contributed by atoms with Crippen LogP contribution in [0.4, 0.5) is 0 Å². The lowest BCUT2D eigenvalue weighted by Crippen LogP contribution is -1.91. The highest BCUT2D eigenvalue weighted by Crippen LogP contribution is 2.27. The summed E-state index contributed by atoms with van der Waals surface area (Å²) in [4.78, 5) is 10.6. The van der Waals surface area contributed by atoms with E-state index in [9.17, 15) is 4.79 Å². The molecule has 1 aromatic heterocycles. The zero-order valence-electron chi connectivity index (χ0n) is 6.50. The second-order valence-corrected chi connectivity index (χ2v) is 3.50. The summed E-state index contributed by atoms with van der Waals surface area (Å²) in [7, 11) is 0. The van der Waals surface area contributed by atoms with Crippen molar-refractivity contribution in [2.45, 2.75) is 0 Å². The lowest BCUT2D eigenvalue weighted by molar-refractivity contribution is 0.549. The summed E-state index contributed by atoms with van der Waals surface area (Å²) < 4.78 is 1.42. The summed E-state index contributed by atoms with van der Waals surface area (Å²) in [5.41, 5.74) is 0.695. The van der Waals surface area contributed by atoms with Crippen LogP contribution in [0, 0.1) is 0 Å². The number of benzene rings is 1. The Morgan fingerprint density at radius 3 is 2.77 bits per heavy atom. The van der Waals surface area contributed by atoms with Crippen LogP contribution in [0.2, 0.25) is 10.0 Å². The van der Waals surface area contributed by atoms with Gasteiger partial charge < -0.3 is 0 Å². The smallest absolute Gasteiger partial charge is 0.218 e. The van der Waals surface area contributed by atoms with Crippen LogP contribution in [0.15, 0.2) is 24.4 Å². The Labute approximate surface area is 84.7 Å². The van der Waals surface area contributed by atoms with E-state index in [-0.39, 0.29) is 0 Å². The Bertz CT molecular complexity index is 476. The highest BCUT2D eigenvalue weighted by molar-refractivity contribution is 6.38. The second kappa shape index (κ2) is 3.05. The third-order valence-corrected chi connectivity index (χ3v) is 2.35. The number of fused-ring (bicyclic) bond motifs is 1. The van der Waals surface area contributed by atoms with Crippen LogP contribution in [0.1, 0.15) is 0 Å². The number of aromatic nitrogens is 1. The monoisotopic (exact) mass is 213 g/mol. The Hall–Kier alpha value is -0.990. The third-order valence-electron chi connectivity index (χ3n) is 1.84. The van der Waals surface area contributed by atoms with E-state index in [0.29, 0.717) is 22.0 Å². The summed E-state index contributed by atoms with van der Waals surface area (Å²) in [6.45, 7) is 0. The number of rotatable bonds is 1. The molecule has 66 valence electrons. The molecule has 0 spiro atoms. The normalized spacial score (nSPS) is 10.6. The lowest BCUT2D eigenvalue weighted by Gasteiger charge is -1.98. The first-order valence-corrected chi connectivity index (χ1v) is 4.39. The first-order valence-electron chi connectivity index (χ1n) is 3.63. The fourth-order valence-corrected chi connectivity index (χ4v) is 1.92. The maximum atomic E-state index is 10.6. The van der Waals surface area contributed by atoms with Crippen molar-refractivity contribution >= 4 is 40.5 Å². The molecule has 0 aliphatic carbocycles. The number of nitrogens with zero attached hydrogens (tertiary/aromatic N) is 1. The van der Waals surface area contributed by atoms with Crippen molar-refractivity contribution in [2.24, 2.45) is 0 Å². The van der Waals surface area contributed by atoms with Crippen molar-refractivity contribution in [1.29, 1.82) is 0 Å². The highest BCUT2D eigenvalue weighted by Gasteiger charge is 2.05. The molecule has 13 heavy (non-hydrogen) atoms. The molecule has 0 aliphatic heterocycles. The van der Waals surface area contributed by atoms with Gasteiger partial charge in [0.2, 0.25) is 6.41 Å². The van der Waals surface area contributed by atoms with Crippen LogP contribution in [0.25, 0.3) is 10.9 Å². The summed E-state index contributed by atoms with van der Waals surface area (Å²) in [5.74, 6) is 0. The molecule has 2 rings (SSSR count). The number of carbonyl (C=O) groups excluding carboxylic acids is 1. The van der Waals surface area contributed by atoms with Gasteiger partial charge in [-0.3, -0.25) is 9.36 Å². The molecule has 0 amide bonds. The molecule has 1 heterocycles. The van der Waals surface area contributed by atoms with Gasteiger partial charge >= 0.3 is 0 Å². The molecule has 0 aliphatic rings. The Kier molecular flexibility index (Phi) is 2.02. The topological polar surface area (TPSA) is 22.0 Å². The molecule has 2 nitrogen and oxygen atoms in total. The van der Waals surface area contributed by atoms with Gasteiger partial charge in [0.1, 0.15) is 0 Å². The minimum atomic E-state index is 0.486. The van der Waals surface area contributed by atoms with Crippen LogP contribution in [-0.4, -0.2) is 11.0 Å². The van der Waals surface area contributed by atoms with Gasteiger partial charge in [-0.05, 0) is 18.2 Å². The van der Waals surface area contributed by atoms with Gasteiger partial charge in [-0.25, -0.2) is 0 Å². The second-order valence-electron chi connectivity index (χ2n) is 2.65. The average molecular weight is 214 g/mol.